The molecule has 0 saturated heterocycles. The van der Waals surface area contributed by atoms with Crippen LogP contribution in [0.2, 0.25) is 0 Å². The molecule has 0 spiro atoms. The van der Waals surface area contributed by atoms with Crippen LogP contribution in [0.1, 0.15) is 10.4 Å². The summed E-state index contributed by atoms with van der Waals surface area (Å²) in [6.07, 6.45) is 0. The Hall–Kier alpha value is -3.34. The number of aromatic carboxylic acids is 1. The van der Waals surface area contributed by atoms with E-state index in [0.29, 0.717) is 0 Å². The molecule has 0 bridgehead atoms. The summed E-state index contributed by atoms with van der Waals surface area (Å²) < 4.78 is 0. The fraction of sp³-hybridized carbons (Fsp3) is 0.0526. The molecule has 2 aromatic carbocycles. The summed E-state index contributed by atoms with van der Waals surface area (Å²) in [6, 6.07) is 17.0. The number of benzene rings is 2. The van der Waals surface area contributed by atoms with Gasteiger partial charge in [-0.1, -0.05) is 24.3 Å². The van der Waals surface area contributed by atoms with Crippen LogP contribution in [-0.4, -0.2) is 28.1 Å². The van der Waals surface area contributed by atoms with E-state index in [4.69, 9.17) is 10.1 Å². The zero-order chi connectivity index (χ0) is 16.7. The number of para-hydroxylation sites is 1. The Bertz CT molecular complexity index is 1070. The maximum Gasteiger partial charge on any atom is 0.335 e. The van der Waals surface area contributed by atoms with Gasteiger partial charge in [0.05, 0.1) is 16.8 Å². The van der Waals surface area contributed by atoms with Crippen LogP contribution < -0.4 is 5.32 Å². The minimum Gasteiger partial charge on any atom is -0.478 e. The number of hydrogen-bond acceptors (Lipinski definition) is 3. The van der Waals surface area contributed by atoms with Crippen molar-refractivity contribution in [2.45, 2.75) is 0 Å². The molecular weight excluding hydrogens is 302 g/mol. The van der Waals surface area contributed by atoms with E-state index in [1.807, 2.05) is 31.3 Å². The summed E-state index contributed by atoms with van der Waals surface area (Å²) in [5.41, 5.74) is 4.82. The standard InChI is InChI=1S/C19H15N3O2/c1-20-15-4-2-3-13-9-14-10-16(21-18(14)22-17(13)15)11-5-7-12(8-6-11)19(23)24/h2-10,20H,1H3,(H,21,22)(H,23,24). The second kappa shape index (κ2) is 5.38. The lowest BCUT2D eigenvalue weighted by Crippen LogP contribution is -1.94. The third-order valence-corrected chi connectivity index (χ3v) is 4.14. The molecule has 3 N–H and O–H groups in total. The second-order valence-corrected chi connectivity index (χ2v) is 5.62. The topological polar surface area (TPSA) is 78.0 Å². The molecule has 0 aliphatic rings. The first-order valence-electron chi connectivity index (χ1n) is 7.60. The molecule has 0 fully saturated rings. The van der Waals surface area contributed by atoms with Crippen LogP contribution in [0.3, 0.4) is 0 Å². The van der Waals surface area contributed by atoms with Gasteiger partial charge in [0.2, 0.25) is 0 Å². The predicted molar refractivity (Wildman–Crippen MR) is 95.5 cm³/mol. The summed E-state index contributed by atoms with van der Waals surface area (Å²) in [5.74, 6) is -0.925. The average molecular weight is 317 g/mol. The molecule has 0 aliphatic heterocycles. The van der Waals surface area contributed by atoms with E-state index in [1.165, 1.54) is 0 Å². The SMILES string of the molecule is CNc1cccc2cc3cc(-c4ccc(C(=O)O)cc4)[nH]c3nc12. The molecule has 24 heavy (non-hydrogen) atoms. The van der Waals surface area contributed by atoms with Crippen LogP contribution in [-0.2, 0) is 0 Å². The predicted octanol–water partition coefficient (Wildman–Crippen LogP) is 4.12. The van der Waals surface area contributed by atoms with Crippen molar-refractivity contribution in [3.63, 3.8) is 0 Å². The first kappa shape index (κ1) is 14.3. The van der Waals surface area contributed by atoms with Gasteiger partial charge in [-0.2, -0.15) is 0 Å². The lowest BCUT2D eigenvalue weighted by Gasteiger charge is -2.04. The summed E-state index contributed by atoms with van der Waals surface area (Å²) in [4.78, 5) is 19.0. The number of H-pyrrole nitrogens is 1. The van der Waals surface area contributed by atoms with E-state index in [2.05, 4.69) is 16.4 Å². The number of carboxylic acid groups (broad SMARTS) is 1. The Balaban J connectivity index is 1.85. The van der Waals surface area contributed by atoms with Gasteiger partial charge in [0.1, 0.15) is 5.65 Å². The van der Waals surface area contributed by atoms with Crippen molar-refractivity contribution in [3.8, 4) is 11.3 Å². The van der Waals surface area contributed by atoms with Gasteiger partial charge in [0.25, 0.3) is 0 Å². The Morgan fingerprint density at radius 2 is 1.88 bits per heavy atom. The van der Waals surface area contributed by atoms with Gasteiger partial charge in [-0.3, -0.25) is 0 Å². The molecule has 118 valence electrons. The first-order valence-corrected chi connectivity index (χ1v) is 7.60. The molecule has 0 atom stereocenters. The van der Waals surface area contributed by atoms with Crippen LogP contribution in [0.15, 0.2) is 54.6 Å². The molecule has 0 amide bonds. The zero-order valence-electron chi connectivity index (χ0n) is 13.0. The maximum atomic E-state index is 11.0. The van der Waals surface area contributed by atoms with Crippen LogP contribution >= 0.6 is 0 Å². The van der Waals surface area contributed by atoms with E-state index < -0.39 is 5.97 Å². The molecule has 2 heterocycles. The summed E-state index contributed by atoms with van der Waals surface area (Å²) >= 11 is 0. The van der Waals surface area contributed by atoms with Crippen molar-refractivity contribution >= 4 is 33.6 Å². The quantitative estimate of drug-likeness (QED) is 0.531. The van der Waals surface area contributed by atoms with Crippen molar-refractivity contribution in [2.24, 2.45) is 0 Å². The monoisotopic (exact) mass is 317 g/mol. The van der Waals surface area contributed by atoms with Crippen molar-refractivity contribution in [3.05, 3.63) is 60.2 Å². The Morgan fingerprint density at radius 1 is 1.08 bits per heavy atom. The Labute approximate surface area is 138 Å². The molecule has 0 aliphatic carbocycles. The van der Waals surface area contributed by atoms with Crippen molar-refractivity contribution < 1.29 is 9.90 Å². The lowest BCUT2D eigenvalue weighted by atomic mass is 10.1. The molecule has 0 radical (unpaired) electrons. The highest BCUT2D eigenvalue weighted by atomic mass is 16.4. The van der Waals surface area contributed by atoms with Crippen LogP contribution in [0, 0.1) is 0 Å². The first-order chi connectivity index (χ1) is 11.7. The van der Waals surface area contributed by atoms with Crippen LogP contribution in [0.4, 0.5) is 5.69 Å². The number of anilines is 1. The fourth-order valence-corrected chi connectivity index (χ4v) is 2.89. The molecule has 0 unspecified atom stereocenters. The van der Waals surface area contributed by atoms with Crippen molar-refractivity contribution in [1.82, 2.24) is 9.97 Å². The number of carbonyl (C=O) groups is 1. The summed E-state index contributed by atoms with van der Waals surface area (Å²) in [5, 5.41) is 14.2. The van der Waals surface area contributed by atoms with Gasteiger partial charge in [0, 0.05) is 23.5 Å². The number of aromatic amines is 1. The highest BCUT2D eigenvalue weighted by Crippen LogP contribution is 2.28. The number of rotatable bonds is 3. The largest absolute Gasteiger partial charge is 0.478 e. The van der Waals surface area contributed by atoms with E-state index in [1.54, 1.807) is 24.3 Å². The van der Waals surface area contributed by atoms with Gasteiger partial charge >= 0.3 is 5.97 Å². The van der Waals surface area contributed by atoms with Crippen molar-refractivity contribution in [1.29, 1.82) is 0 Å². The molecule has 0 saturated carbocycles. The number of pyridine rings is 1. The second-order valence-electron chi connectivity index (χ2n) is 5.62. The molecule has 4 aromatic rings. The molecule has 5 nitrogen and oxygen atoms in total. The highest BCUT2D eigenvalue weighted by molar-refractivity contribution is 5.99. The molecular formula is C19H15N3O2. The number of fused-ring (bicyclic) bond motifs is 2. The number of nitrogens with one attached hydrogen (secondary N) is 2. The number of hydrogen-bond donors (Lipinski definition) is 3. The number of carboxylic acids is 1. The van der Waals surface area contributed by atoms with E-state index in [9.17, 15) is 4.79 Å². The van der Waals surface area contributed by atoms with Gasteiger partial charge in [0.15, 0.2) is 0 Å². The average Bonchev–Trinajstić information content (AvgIpc) is 3.02. The van der Waals surface area contributed by atoms with Crippen LogP contribution in [0.5, 0.6) is 0 Å². The van der Waals surface area contributed by atoms with Crippen molar-refractivity contribution in [2.75, 3.05) is 12.4 Å². The van der Waals surface area contributed by atoms with Gasteiger partial charge in [-0.05, 0) is 35.9 Å². The van der Waals surface area contributed by atoms with Gasteiger partial charge < -0.3 is 15.4 Å². The third-order valence-electron chi connectivity index (χ3n) is 4.14. The molecule has 2 aromatic heterocycles. The fourth-order valence-electron chi connectivity index (χ4n) is 2.89. The third kappa shape index (κ3) is 2.27. The smallest absolute Gasteiger partial charge is 0.335 e. The lowest BCUT2D eigenvalue weighted by molar-refractivity contribution is 0.0697. The Morgan fingerprint density at radius 3 is 2.58 bits per heavy atom. The van der Waals surface area contributed by atoms with Crippen LogP contribution in [0.25, 0.3) is 33.2 Å². The number of nitrogens with zero attached hydrogens (tertiary/aromatic N) is 1. The van der Waals surface area contributed by atoms with Gasteiger partial charge in [-0.25, -0.2) is 9.78 Å². The summed E-state index contributed by atoms with van der Waals surface area (Å²) in [7, 11) is 1.88. The Kier molecular flexibility index (Phi) is 3.20. The summed E-state index contributed by atoms with van der Waals surface area (Å²) in [6.45, 7) is 0. The minimum atomic E-state index is -0.925. The van der Waals surface area contributed by atoms with E-state index in [0.717, 1.165) is 38.9 Å². The normalized spacial score (nSPS) is 11.0. The van der Waals surface area contributed by atoms with Gasteiger partial charge in [-0.15, -0.1) is 0 Å². The highest BCUT2D eigenvalue weighted by Gasteiger charge is 2.09. The van der Waals surface area contributed by atoms with E-state index >= 15 is 0 Å². The van der Waals surface area contributed by atoms with E-state index in [-0.39, 0.29) is 5.56 Å². The maximum absolute atomic E-state index is 11.0. The molecule has 4 rings (SSSR count). The molecule has 5 heteroatoms. The number of aromatic nitrogens is 2. The minimum absolute atomic E-state index is 0.275. The zero-order valence-corrected chi connectivity index (χ0v) is 13.0.